The van der Waals surface area contributed by atoms with Gasteiger partial charge >= 0.3 is 0 Å². The van der Waals surface area contributed by atoms with Gasteiger partial charge < -0.3 is 19.5 Å². The van der Waals surface area contributed by atoms with Crippen molar-refractivity contribution in [3.8, 4) is 5.75 Å². The van der Waals surface area contributed by atoms with E-state index in [1.807, 2.05) is 61.8 Å². The minimum atomic E-state index is 0. The van der Waals surface area contributed by atoms with E-state index in [1.54, 1.807) is 18.1 Å². The summed E-state index contributed by atoms with van der Waals surface area (Å²) in [6.07, 6.45) is 1.55. The molecular formula is C19H28IN9O. The number of aliphatic imine (C=N–C) groups is 1. The first-order chi connectivity index (χ1) is 14.0. The Morgan fingerprint density at radius 2 is 1.90 bits per heavy atom. The van der Waals surface area contributed by atoms with Gasteiger partial charge in [-0.1, -0.05) is 12.1 Å². The van der Waals surface area contributed by atoms with Crippen LogP contribution in [0.25, 0.3) is 0 Å². The number of benzene rings is 1. The molecule has 30 heavy (non-hydrogen) atoms. The number of hydrogen-bond donors (Lipinski definition) is 1. The Kier molecular flexibility index (Phi) is 8.57. The third-order valence-corrected chi connectivity index (χ3v) is 4.70. The van der Waals surface area contributed by atoms with E-state index < -0.39 is 0 Å². The summed E-state index contributed by atoms with van der Waals surface area (Å²) in [6, 6.07) is 7.89. The second kappa shape index (κ2) is 10.9. The maximum Gasteiger partial charge on any atom is 0.194 e. The lowest BCUT2D eigenvalue weighted by atomic mass is 10.2. The summed E-state index contributed by atoms with van der Waals surface area (Å²) in [5.74, 6) is 4.12. The van der Waals surface area contributed by atoms with Crippen molar-refractivity contribution in [2.45, 2.75) is 26.6 Å². The summed E-state index contributed by atoms with van der Waals surface area (Å²) < 4.78 is 8.93. The Morgan fingerprint density at radius 3 is 2.47 bits per heavy atom. The minimum absolute atomic E-state index is 0. The lowest BCUT2D eigenvalue weighted by Gasteiger charge is -2.22. The van der Waals surface area contributed by atoms with E-state index in [-0.39, 0.29) is 24.0 Å². The van der Waals surface area contributed by atoms with Crippen LogP contribution in [-0.2, 0) is 33.7 Å². The molecule has 2 heterocycles. The van der Waals surface area contributed by atoms with Crippen molar-refractivity contribution < 1.29 is 4.74 Å². The van der Waals surface area contributed by atoms with Crippen LogP contribution in [0.2, 0.25) is 0 Å². The van der Waals surface area contributed by atoms with Gasteiger partial charge in [0.05, 0.1) is 26.7 Å². The van der Waals surface area contributed by atoms with Crippen LogP contribution < -0.4 is 10.1 Å². The maximum atomic E-state index is 5.22. The molecule has 0 aliphatic rings. The van der Waals surface area contributed by atoms with E-state index in [0.29, 0.717) is 19.6 Å². The SMILES string of the molecule is COc1ccc(CN=C(NCc2nnc(C)n2C)N(C)Cc2ncnn2C)cc1.I. The number of methoxy groups -OCH3 is 1. The minimum Gasteiger partial charge on any atom is -0.497 e. The Hall–Kier alpha value is -2.70. The molecule has 0 spiro atoms. The molecule has 0 bridgehead atoms. The largest absolute Gasteiger partial charge is 0.497 e. The summed E-state index contributed by atoms with van der Waals surface area (Å²) in [4.78, 5) is 11.1. The first-order valence-electron chi connectivity index (χ1n) is 9.28. The molecule has 0 radical (unpaired) electrons. The van der Waals surface area contributed by atoms with Gasteiger partial charge in [0.1, 0.15) is 23.7 Å². The fourth-order valence-corrected chi connectivity index (χ4v) is 2.72. The van der Waals surface area contributed by atoms with Crippen molar-refractivity contribution in [1.29, 1.82) is 0 Å². The number of guanidine groups is 1. The van der Waals surface area contributed by atoms with Gasteiger partial charge in [-0.05, 0) is 24.6 Å². The molecule has 0 saturated heterocycles. The van der Waals surface area contributed by atoms with Crippen LogP contribution in [0.5, 0.6) is 5.75 Å². The Balaban J connectivity index is 0.00000320. The zero-order valence-corrected chi connectivity index (χ0v) is 20.2. The highest BCUT2D eigenvalue weighted by molar-refractivity contribution is 14.0. The van der Waals surface area contributed by atoms with Gasteiger partial charge in [0.25, 0.3) is 0 Å². The fourth-order valence-electron chi connectivity index (χ4n) is 2.72. The van der Waals surface area contributed by atoms with Crippen LogP contribution in [0, 0.1) is 6.92 Å². The molecule has 0 saturated carbocycles. The lowest BCUT2D eigenvalue weighted by Crippen LogP contribution is -2.39. The van der Waals surface area contributed by atoms with Gasteiger partial charge in [-0.15, -0.1) is 34.2 Å². The Morgan fingerprint density at radius 1 is 1.17 bits per heavy atom. The highest BCUT2D eigenvalue weighted by Gasteiger charge is 2.12. The number of aromatic nitrogens is 6. The number of halogens is 1. The molecule has 10 nitrogen and oxygen atoms in total. The third kappa shape index (κ3) is 5.90. The maximum absolute atomic E-state index is 5.22. The monoisotopic (exact) mass is 525 g/mol. The van der Waals surface area contributed by atoms with Gasteiger partial charge in [0.2, 0.25) is 0 Å². The molecule has 0 atom stereocenters. The van der Waals surface area contributed by atoms with Crippen LogP contribution in [-0.4, -0.2) is 54.5 Å². The second-order valence-electron chi connectivity index (χ2n) is 6.72. The Bertz CT molecular complexity index is 965. The number of ether oxygens (including phenoxy) is 1. The van der Waals surface area contributed by atoms with Crippen molar-refractivity contribution in [1.82, 2.24) is 39.7 Å². The van der Waals surface area contributed by atoms with Gasteiger partial charge in [-0.2, -0.15) is 5.10 Å². The standard InChI is InChI=1S/C19H27N9O.HI/c1-14-24-25-17(27(14)3)11-21-19(26(2)12-18-22-13-23-28(18)4)20-10-15-6-8-16(29-5)9-7-15;/h6-9,13H,10-12H2,1-5H3,(H,20,21);1H. The smallest absolute Gasteiger partial charge is 0.194 e. The summed E-state index contributed by atoms with van der Waals surface area (Å²) in [6.45, 7) is 3.55. The normalized spacial score (nSPS) is 11.2. The first kappa shape index (κ1) is 23.6. The lowest BCUT2D eigenvalue weighted by molar-refractivity contribution is 0.414. The zero-order chi connectivity index (χ0) is 20.8. The zero-order valence-electron chi connectivity index (χ0n) is 17.9. The molecular weight excluding hydrogens is 497 g/mol. The topological polar surface area (TPSA) is 98.3 Å². The van der Waals surface area contributed by atoms with Gasteiger partial charge in [0, 0.05) is 21.1 Å². The highest BCUT2D eigenvalue weighted by Crippen LogP contribution is 2.12. The number of hydrogen-bond acceptors (Lipinski definition) is 6. The number of nitrogens with one attached hydrogen (secondary N) is 1. The summed E-state index contributed by atoms with van der Waals surface area (Å²) >= 11 is 0. The van der Waals surface area contributed by atoms with Crippen LogP contribution in [0.15, 0.2) is 35.6 Å². The fraction of sp³-hybridized carbons (Fsp3) is 0.421. The van der Waals surface area contributed by atoms with E-state index in [9.17, 15) is 0 Å². The number of nitrogens with zero attached hydrogens (tertiary/aromatic N) is 8. The molecule has 162 valence electrons. The average Bonchev–Trinajstić information content (AvgIpc) is 3.27. The molecule has 2 aromatic heterocycles. The van der Waals surface area contributed by atoms with Crippen LogP contribution in [0.3, 0.4) is 0 Å². The van der Waals surface area contributed by atoms with Crippen molar-refractivity contribution >= 4 is 29.9 Å². The summed E-state index contributed by atoms with van der Waals surface area (Å²) in [7, 11) is 7.45. The van der Waals surface area contributed by atoms with E-state index in [1.165, 1.54) is 0 Å². The van der Waals surface area contributed by atoms with E-state index >= 15 is 0 Å². The number of rotatable bonds is 7. The van der Waals surface area contributed by atoms with Crippen molar-refractivity contribution in [3.63, 3.8) is 0 Å². The Labute approximate surface area is 193 Å². The average molecular weight is 525 g/mol. The molecule has 1 N–H and O–H groups in total. The molecule has 1 aromatic carbocycles. The van der Waals surface area contributed by atoms with E-state index in [0.717, 1.165) is 34.7 Å². The molecule has 3 rings (SSSR count). The second-order valence-corrected chi connectivity index (χ2v) is 6.72. The number of aryl methyl sites for hydroxylation is 2. The molecule has 0 aliphatic carbocycles. The summed E-state index contributed by atoms with van der Waals surface area (Å²) in [5.41, 5.74) is 1.09. The molecule has 0 amide bonds. The molecule has 3 aromatic rings. The van der Waals surface area contributed by atoms with Crippen molar-refractivity contribution in [2.24, 2.45) is 19.1 Å². The first-order valence-corrected chi connectivity index (χ1v) is 9.28. The molecule has 0 unspecified atom stereocenters. The third-order valence-electron chi connectivity index (χ3n) is 4.70. The van der Waals surface area contributed by atoms with Crippen molar-refractivity contribution in [3.05, 3.63) is 53.6 Å². The quantitative estimate of drug-likeness (QED) is 0.285. The molecule has 0 aliphatic heterocycles. The van der Waals surface area contributed by atoms with Crippen molar-refractivity contribution in [2.75, 3.05) is 14.2 Å². The van der Waals surface area contributed by atoms with Gasteiger partial charge in [-0.25, -0.2) is 9.98 Å². The summed E-state index contributed by atoms with van der Waals surface area (Å²) in [5, 5.41) is 15.8. The van der Waals surface area contributed by atoms with Crippen LogP contribution >= 0.6 is 24.0 Å². The predicted molar refractivity (Wildman–Crippen MR) is 125 cm³/mol. The van der Waals surface area contributed by atoms with Gasteiger partial charge in [-0.3, -0.25) is 4.68 Å². The molecule has 0 fully saturated rings. The van der Waals surface area contributed by atoms with E-state index in [2.05, 4.69) is 25.6 Å². The molecule has 11 heteroatoms. The van der Waals surface area contributed by atoms with Gasteiger partial charge in [0.15, 0.2) is 11.8 Å². The van der Waals surface area contributed by atoms with E-state index in [4.69, 9.17) is 9.73 Å². The highest BCUT2D eigenvalue weighted by atomic mass is 127. The predicted octanol–water partition coefficient (Wildman–Crippen LogP) is 1.66. The van der Waals surface area contributed by atoms with Crippen LogP contribution in [0.4, 0.5) is 0 Å². The van der Waals surface area contributed by atoms with Crippen LogP contribution in [0.1, 0.15) is 23.0 Å².